The van der Waals surface area contributed by atoms with E-state index in [1.807, 2.05) is 23.1 Å². The number of anilines is 1. The Morgan fingerprint density at radius 2 is 1.58 bits per heavy atom. The molecule has 2 aliphatic heterocycles. The molecule has 2 aliphatic rings. The molecule has 0 unspecified atom stereocenters. The number of carbonyl (C=O) groups is 2. The summed E-state index contributed by atoms with van der Waals surface area (Å²) in [5.74, 6) is 0.0600. The molecule has 1 saturated heterocycles. The van der Waals surface area contributed by atoms with Gasteiger partial charge in [-0.15, -0.1) is 0 Å². The van der Waals surface area contributed by atoms with Crippen molar-refractivity contribution >= 4 is 17.5 Å². The Balaban J connectivity index is 1.46. The van der Waals surface area contributed by atoms with Crippen molar-refractivity contribution in [2.75, 3.05) is 31.1 Å². The van der Waals surface area contributed by atoms with Crippen LogP contribution in [0.2, 0.25) is 0 Å². The predicted octanol–water partition coefficient (Wildman–Crippen LogP) is 5.61. The molecule has 0 spiro atoms. The number of fused-ring (bicyclic) bond motifs is 1. The first-order valence-corrected chi connectivity index (χ1v) is 14.6. The lowest BCUT2D eigenvalue weighted by Crippen LogP contribution is -2.44. The van der Waals surface area contributed by atoms with Crippen molar-refractivity contribution in [2.45, 2.75) is 90.9 Å². The summed E-state index contributed by atoms with van der Waals surface area (Å²) in [4.78, 5) is 32.9. The molecule has 0 bridgehead atoms. The van der Waals surface area contributed by atoms with Crippen LogP contribution < -0.4 is 10.2 Å². The summed E-state index contributed by atoms with van der Waals surface area (Å²) >= 11 is 0. The van der Waals surface area contributed by atoms with Gasteiger partial charge in [0.25, 0.3) is 5.91 Å². The summed E-state index contributed by atoms with van der Waals surface area (Å²) in [6.07, 6.45) is 7.71. The number of benzene rings is 2. The van der Waals surface area contributed by atoms with Gasteiger partial charge in [-0.25, -0.2) is 0 Å². The van der Waals surface area contributed by atoms with E-state index in [0.29, 0.717) is 11.6 Å². The number of carbonyl (C=O) groups excluding carboxylic acids is 2. The van der Waals surface area contributed by atoms with Crippen LogP contribution in [0.1, 0.15) is 87.2 Å². The summed E-state index contributed by atoms with van der Waals surface area (Å²) in [7, 11) is 0. The summed E-state index contributed by atoms with van der Waals surface area (Å²) in [6, 6.07) is 17.1. The topological polar surface area (TPSA) is 55.9 Å². The van der Waals surface area contributed by atoms with Gasteiger partial charge >= 0.3 is 0 Å². The van der Waals surface area contributed by atoms with E-state index in [1.165, 1.54) is 24.8 Å². The molecular weight excluding hydrogens is 472 g/mol. The minimum atomic E-state index is -0.00843. The summed E-state index contributed by atoms with van der Waals surface area (Å²) in [6.45, 7) is 11.6. The zero-order chi connectivity index (χ0) is 26.9. The van der Waals surface area contributed by atoms with E-state index < -0.39 is 0 Å². The van der Waals surface area contributed by atoms with Crippen molar-refractivity contribution in [1.29, 1.82) is 0 Å². The Morgan fingerprint density at radius 3 is 2.26 bits per heavy atom. The number of amides is 2. The third-order valence-corrected chi connectivity index (χ3v) is 8.12. The normalized spacial score (nSPS) is 18.9. The monoisotopic (exact) mass is 518 g/mol. The highest BCUT2D eigenvalue weighted by Gasteiger charge is 2.24. The molecule has 1 N–H and O–H groups in total. The summed E-state index contributed by atoms with van der Waals surface area (Å²) < 4.78 is 0. The molecule has 0 aliphatic carbocycles. The first-order valence-electron chi connectivity index (χ1n) is 14.6. The maximum Gasteiger partial charge on any atom is 0.251 e. The van der Waals surface area contributed by atoms with Gasteiger partial charge in [0, 0.05) is 63.0 Å². The Labute approximate surface area is 229 Å². The molecule has 6 heteroatoms. The maximum absolute atomic E-state index is 13.4. The van der Waals surface area contributed by atoms with Crippen LogP contribution >= 0.6 is 0 Å². The number of nitrogens with zero attached hydrogens (tertiary/aromatic N) is 3. The van der Waals surface area contributed by atoms with Gasteiger partial charge < -0.3 is 10.2 Å². The minimum Gasteiger partial charge on any atom is -0.349 e. The molecule has 0 radical (unpaired) electrons. The lowest BCUT2D eigenvalue weighted by Gasteiger charge is -2.33. The van der Waals surface area contributed by atoms with E-state index >= 15 is 0 Å². The van der Waals surface area contributed by atoms with Crippen LogP contribution in [0.15, 0.2) is 48.5 Å². The number of hydrogen-bond acceptors (Lipinski definition) is 4. The van der Waals surface area contributed by atoms with Gasteiger partial charge in [-0.3, -0.25) is 19.4 Å². The second-order valence-corrected chi connectivity index (χ2v) is 11.4. The van der Waals surface area contributed by atoms with Crippen molar-refractivity contribution in [3.8, 4) is 0 Å². The van der Waals surface area contributed by atoms with Crippen LogP contribution in [0.25, 0.3) is 0 Å². The van der Waals surface area contributed by atoms with E-state index in [1.54, 1.807) is 6.92 Å². The average Bonchev–Trinajstić information content (AvgIpc) is 2.90. The molecule has 6 nitrogen and oxygen atoms in total. The van der Waals surface area contributed by atoms with Crippen molar-refractivity contribution in [2.24, 2.45) is 0 Å². The molecule has 0 saturated carbocycles. The predicted molar refractivity (Wildman–Crippen MR) is 155 cm³/mol. The third-order valence-electron chi connectivity index (χ3n) is 8.12. The molecule has 4 rings (SSSR count). The summed E-state index contributed by atoms with van der Waals surface area (Å²) in [5.41, 5.74) is 4.05. The van der Waals surface area contributed by atoms with Crippen LogP contribution in [0.4, 0.5) is 5.69 Å². The van der Waals surface area contributed by atoms with Gasteiger partial charge in [0.15, 0.2) is 0 Å². The van der Waals surface area contributed by atoms with Crippen LogP contribution in [-0.4, -0.2) is 59.9 Å². The Bertz CT molecular complexity index is 1050. The van der Waals surface area contributed by atoms with E-state index in [-0.39, 0.29) is 17.9 Å². The molecule has 2 aromatic rings. The van der Waals surface area contributed by atoms with Gasteiger partial charge in [0.1, 0.15) is 0 Å². The highest BCUT2D eigenvalue weighted by molar-refractivity contribution is 5.97. The third kappa shape index (κ3) is 7.90. The SMILES string of the molecule is CC(=O)N1CCCCCCCN(C(C)C)Cc2cc(C(=O)NC3CCN(Cc4ccccc4)CC3)ccc21. The fourth-order valence-electron chi connectivity index (χ4n) is 5.76. The number of hydrogen-bond donors (Lipinski definition) is 1. The fraction of sp³-hybridized carbons (Fsp3) is 0.562. The largest absolute Gasteiger partial charge is 0.349 e. The Kier molecular flexibility index (Phi) is 10.4. The lowest BCUT2D eigenvalue weighted by atomic mass is 10.0. The Morgan fingerprint density at radius 1 is 0.895 bits per heavy atom. The van der Waals surface area contributed by atoms with E-state index in [0.717, 1.165) is 76.2 Å². The zero-order valence-corrected chi connectivity index (χ0v) is 23.6. The van der Waals surface area contributed by atoms with Gasteiger partial charge in [-0.2, -0.15) is 0 Å². The minimum absolute atomic E-state index is 0.00843. The summed E-state index contributed by atoms with van der Waals surface area (Å²) in [5, 5.41) is 3.30. The van der Waals surface area contributed by atoms with Gasteiger partial charge in [-0.05, 0) is 75.4 Å². The van der Waals surface area contributed by atoms with Gasteiger partial charge in [0.2, 0.25) is 5.91 Å². The first-order chi connectivity index (χ1) is 18.4. The molecule has 2 amide bonds. The molecule has 38 heavy (non-hydrogen) atoms. The smallest absolute Gasteiger partial charge is 0.251 e. The van der Waals surface area contributed by atoms with Crippen molar-refractivity contribution < 1.29 is 9.59 Å². The van der Waals surface area contributed by atoms with Crippen molar-refractivity contribution in [1.82, 2.24) is 15.1 Å². The van der Waals surface area contributed by atoms with E-state index in [9.17, 15) is 9.59 Å². The highest BCUT2D eigenvalue weighted by Crippen LogP contribution is 2.27. The Hall–Kier alpha value is -2.70. The van der Waals surface area contributed by atoms with Crippen LogP contribution in [-0.2, 0) is 17.9 Å². The molecule has 2 heterocycles. The number of rotatable bonds is 5. The zero-order valence-electron chi connectivity index (χ0n) is 23.6. The molecular formula is C32H46N4O2. The maximum atomic E-state index is 13.4. The van der Waals surface area contributed by atoms with Crippen molar-refractivity contribution in [3.05, 3.63) is 65.2 Å². The molecule has 0 aromatic heterocycles. The number of likely N-dealkylation sites (tertiary alicyclic amines) is 1. The van der Waals surface area contributed by atoms with Crippen LogP contribution in [0.5, 0.6) is 0 Å². The molecule has 1 fully saturated rings. The number of nitrogens with one attached hydrogen (secondary N) is 1. The highest BCUT2D eigenvalue weighted by atomic mass is 16.2. The quantitative estimate of drug-likeness (QED) is 0.559. The average molecular weight is 519 g/mol. The number of piperidine rings is 1. The lowest BCUT2D eigenvalue weighted by molar-refractivity contribution is -0.116. The van der Waals surface area contributed by atoms with E-state index in [4.69, 9.17) is 0 Å². The molecule has 2 aromatic carbocycles. The molecule has 0 atom stereocenters. The van der Waals surface area contributed by atoms with Crippen LogP contribution in [0, 0.1) is 0 Å². The van der Waals surface area contributed by atoms with Crippen molar-refractivity contribution in [3.63, 3.8) is 0 Å². The second kappa shape index (κ2) is 13.9. The van der Waals surface area contributed by atoms with Gasteiger partial charge in [-0.1, -0.05) is 49.6 Å². The fourth-order valence-corrected chi connectivity index (χ4v) is 5.76. The molecule has 206 valence electrons. The first kappa shape index (κ1) is 28.3. The standard InChI is InChI=1S/C32H46N4O2/c1-25(2)35-18-10-5-4-6-11-19-36(26(3)37)31-15-14-28(22-29(31)24-35)32(38)33-30-16-20-34(21-17-30)23-27-12-8-7-9-13-27/h7-9,12-15,22,25,30H,4-6,10-11,16-21,23-24H2,1-3H3,(H,33,38). The second-order valence-electron chi connectivity index (χ2n) is 11.4. The van der Waals surface area contributed by atoms with Gasteiger partial charge in [0.05, 0.1) is 0 Å². The van der Waals surface area contributed by atoms with Crippen LogP contribution in [0.3, 0.4) is 0 Å². The van der Waals surface area contributed by atoms with E-state index in [2.05, 4.69) is 59.3 Å².